The molecule has 128 valence electrons. The number of hydrogen-bond acceptors (Lipinski definition) is 7. The van der Waals surface area contributed by atoms with E-state index >= 15 is 0 Å². The zero-order valence-corrected chi connectivity index (χ0v) is 14.1. The first-order valence-electron chi connectivity index (χ1n) is 8.76. The molecule has 2 aromatic rings. The number of fused-ring (bicyclic) bond motifs is 1. The van der Waals surface area contributed by atoms with E-state index in [1.54, 1.807) is 12.3 Å². The van der Waals surface area contributed by atoms with Crippen LogP contribution in [-0.2, 0) is 12.8 Å². The van der Waals surface area contributed by atoms with E-state index in [0.29, 0.717) is 11.5 Å². The standard InChI is InChI=1S/C18H21N7/c19-12-13-4-3-7-21-16(13)24-8-10-25(11-9-24)17-14-5-1-2-6-15(14)22-18(20)23-17/h3-4,7H,1-2,5-6,8-11H2,(H2,20,22,23). The zero-order chi connectivity index (χ0) is 17.2. The van der Waals surface area contributed by atoms with Gasteiger partial charge in [-0.15, -0.1) is 0 Å². The molecule has 1 aliphatic heterocycles. The lowest BCUT2D eigenvalue weighted by Crippen LogP contribution is -2.47. The Morgan fingerprint density at radius 3 is 2.48 bits per heavy atom. The summed E-state index contributed by atoms with van der Waals surface area (Å²) in [5, 5.41) is 9.28. The number of aromatic nitrogens is 3. The van der Waals surface area contributed by atoms with Crippen molar-refractivity contribution in [3.05, 3.63) is 35.2 Å². The van der Waals surface area contributed by atoms with Gasteiger partial charge in [-0.05, 0) is 37.8 Å². The molecule has 4 rings (SSSR count). The number of nitriles is 1. The molecule has 1 aliphatic carbocycles. The van der Waals surface area contributed by atoms with Gasteiger partial charge in [-0.25, -0.2) is 9.97 Å². The van der Waals surface area contributed by atoms with Crippen LogP contribution in [0, 0.1) is 11.3 Å². The largest absolute Gasteiger partial charge is 0.368 e. The molecule has 0 spiro atoms. The van der Waals surface area contributed by atoms with Crippen molar-refractivity contribution in [2.75, 3.05) is 41.7 Å². The first kappa shape index (κ1) is 15.6. The van der Waals surface area contributed by atoms with Gasteiger partial charge in [0.25, 0.3) is 0 Å². The summed E-state index contributed by atoms with van der Waals surface area (Å²) in [6, 6.07) is 5.84. The molecule has 0 saturated carbocycles. The summed E-state index contributed by atoms with van der Waals surface area (Å²) in [6.45, 7) is 3.30. The Morgan fingerprint density at radius 2 is 1.72 bits per heavy atom. The summed E-state index contributed by atoms with van der Waals surface area (Å²) in [7, 11) is 0. The van der Waals surface area contributed by atoms with Crippen LogP contribution in [0.25, 0.3) is 0 Å². The Kier molecular flexibility index (Phi) is 4.10. The lowest BCUT2D eigenvalue weighted by Gasteiger charge is -2.37. The van der Waals surface area contributed by atoms with E-state index in [9.17, 15) is 5.26 Å². The van der Waals surface area contributed by atoms with Crippen molar-refractivity contribution in [1.82, 2.24) is 15.0 Å². The van der Waals surface area contributed by atoms with Crippen LogP contribution >= 0.6 is 0 Å². The average molecular weight is 335 g/mol. The summed E-state index contributed by atoms with van der Waals surface area (Å²) in [4.78, 5) is 17.9. The van der Waals surface area contributed by atoms with Gasteiger partial charge in [0.15, 0.2) is 0 Å². The second-order valence-corrected chi connectivity index (χ2v) is 6.50. The van der Waals surface area contributed by atoms with Crippen LogP contribution in [0.4, 0.5) is 17.6 Å². The lowest BCUT2D eigenvalue weighted by molar-refractivity contribution is 0.621. The summed E-state index contributed by atoms with van der Waals surface area (Å²) in [6.07, 6.45) is 6.13. The molecule has 0 atom stereocenters. The number of pyridine rings is 1. The predicted octanol–water partition coefficient (Wildman–Crippen LogP) is 1.53. The van der Waals surface area contributed by atoms with Gasteiger partial charge in [0.2, 0.25) is 5.95 Å². The number of nitrogens with two attached hydrogens (primary N) is 1. The molecular weight excluding hydrogens is 314 g/mol. The summed E-state index contributed by atoms with van der Waals surface area (Å²) < 4.78 is 0. The number of rotatable bonds is 2. The highest BCUT2D eigenvalue weighted by Gasteiger charge is 2.25. The van der Waals surface area contributed by atoms with Gasteiger partial charge in [0.1, 0.15) is 17.7 Å². The van der Waals surface area contributed by atoms with Gasteiger partial charge in [0.05, 0.1) is 11.3 Å². The van der Waals surface area contributed by atoms with E-state index in [2.05, 4.69) is 30.8 Å². The van der Waals surface area contributed by atoms with E-state index < -0.39 is 0 Å². The average Bonchev–Trinajstić information content (AvgIpc) is 2.67. The Balaban J connectivity index is 1.55. The fraction of sp³-hybridized carbons (Fsp3) is 0.444. The third-order valence-electron chi connectivity index (χ3n) is 4.96. The normalized spacial score (nSPS) is 17.1. The maximum atomic E-state index is 9.28. The zero-order valence-electron chi connectivity index (χ0n) is 14.1. The van der Waals surface area contributed by atoms with Gasteiger partial charge in [-0.1, -0.05) is 0 Å². The number of hydrogen-bond donors (Lipinski definition) is 1. The molecule has 7 nitrogen and oxygen atoms in total. The Hall–Kier alpha value is -2.88. The Labute approximate surface area is 147 Å². The highest BCUT2D eigenvalue weighted by molar-refractivity contribution is 5.57. The van der Waals surface area contributed by atoms with Crippen molar-refractivity contribution >= 4 is 17.6 Å². The maximum absolute atomic E-state index is 9.28. The van der Waals surface area contributed by atoms with Crippen molar-refractivity contribution < 1.29 is 0 Å². The third kappa shape index (κ3) is 2.95. The maximum Gasteiger partial charge on any atom is 0.222 e. The van der Waals surface area contributed by atoms with Crippen LogP contribution in [0.15, 0.2) is 18.3 Å². The molecular formula is C18H21N7. The first-order valence-corrected chi connectivity index (χ1v) is 8.76. The molecule has 1 saturated heterocycles. The van der Waals surface area contributed by atoms with Crippen molar-refractivity contribution in [2.24, 2.45) is 0 Å². The van der Waals surface area contributed by atoms with Crippen LogP contribution in [-0.4, -0.2) is 41.1 Å². The van der Waals surface area contributed by atoms with Crippen LogP contribution in [0.1, 0.15) is 29.7 Å². The molecule has 0 aromatic carbocycles. The van der Waals surface area contributed by atoms with Gasteiger partial charge in [0, 0.05) is 37.9 Å². The second-order valence-electron chi connectivity index (χ2n) is 6.50. The van der Waals surface area contributed by atoms with Gasteiger partial charge in [-0.2, -0.15) is 10.2 Å². The third-order valence-corrected chi connectivity index (χ3v) is 4.96. The molecule has 25 heavy (non-hydrogen) atoms. The van der Waals surface area contributed by atoms with E-state index in [0.717, 1.165) is 56.4 Å². The summed E-state index contributed by atoms with van der Waals surface area (Å²) >= 11 is 0. The summed E-state index contributed by atoms with van der Waals surface area (Å²) in [5.74, 6) is 2.15. The van der Waals surface area contributed by atoms with Gasteiger partial charge >= 0.3 is 0 Å². The molecule has 0 radical (unpaired) electrons. The molecule has 0 bridgehead atoms. The topological polar surface area (TPSA) is 95.0 Å². The van der Waals surface area contributed by atoms with Gasteiger partial charge in [-0.3, -0.25) is 0 Å². The number of aryl methyl sites for hydroxylation is 1. The number of nitrogen functional groups attached to an aromatic ring is 1. The molecule has 0 amide bonds. The molecule has 1 fully saturated rings. The number of anilines is 3. The lowest BCUT2D eigenvalue weighted by atomic mass is 9.96. The van der Waals surface area contributed by atoms with Gasteiger partial charge < -0.3 is 15.5 Å². The second kappa shape index (κ2) is 6.55. The summed E-state index contributed by atoms with van der Waals surface area (Å²) in [5.41, 5.74) is 8.95. The smallest absolute Gasteiger partial charge is 0.222 e. The molecule has 2 aliphatic rings. The molecule has 0 unspecified atom stereocenters. The van der Waals surface area contributed by atoms with E-state index in [1.807, 2.05) is 6.07 Å². The van der Waals surface area contributed by atoms with Crippen molar-refractivity contribution in [3.63, 3.8) is 0 Å². The fourth-order valence-corrected chi connectivity index (χ4v) is 3.72. The predicted molar refractivity (Wildman–Crippen MR) is 96.5 cm³/mol. The molecule has 2 N–H and O–H groups in total. The Bertz CT molecular complexity index is 819. The first-order chi connectivity index (χ1) is 12.3. The van der Waals surface area contributed by atoms with Crippen LogP contribution in [0.2, 0.25) is 0 Å². The minimum atomic E-state index is 0.370. The molecule has 7 heteroatoms. The minimum absolute atomic E-state index is 0.370. The highest BCUT2D eigenvalue weighted by Crippen LogP contribution is 2.29. The van der Waals surface area contributed by atoms with Crippen LogP contribution in [0.3, 0.4) is 0 Å². The van der Waals surface area contributed by atoms with Crippen molar-refractivity contribution in [3.8, 4) is 6.07 Å². The van der Waals surface area contributed by atoms with E-state index in [1.165, 1.54) is 18.4 Å². The van der Waals surface area contributed by atoms with Crippen molar-refractivity contribution in [1.29, 1.82) is 5.26 Å². The molecule has 2 aromatic heterocycles. The Morgan fingerprint density at radius 1 is 1.00 bits per heavy atom. The number of nitrogens with zero attached hydrogens (tertiary/aromatic N) is 6. The molecule has 3 heterocycles. The van der Waals surface area contributed by atoms with Crippen molar-refractivity contribution in [2.45, 2.75) is 25.7 Å². The van der Waals surface area contributed by atoms with Crippen LogP contribution < -0.4 is 15.5 Å². The van der Waals surface area contributed by atoms with E-state index in [-0.39, 0.29) is 0 Å². The highest BCUT2D eigenvalue weighted by atomic mass is 15.3. The fourth-order valence-electron chi connectivity index (χ4n) is 3.72. The van der Waals surface area contributed by atoms with Crippen LogP contribution in [0.5, 0.6) is 0 Å². The minimum Gasteiger partial charge on any atom is -0.368 e. The monoisotopic (exact) mass is 335 g/mol. The number of piperazine rings is 1. The van der Waals surface area contributed by atoms with E-state index in [4.69, 9.17) is 5.73 Å². The SMILES string of the molecule is N#Cc1cccnc1N1CCN(c2nc(N)nc3c2CCCC3)CC1. The quantitative estimate of drug-likeness (QED) is 0.889.